The van der Waals surface area contributed by atoms with Crippen molar-refractivity contribution in [1.29, 1.82) is 0 Å². The highest BCUT2D eigenvalue weighted by Gasteiger charge is 2.33. The van der Waals surface area contributed by atoms with Crippen LogP contribution in [-0.4, -0.2) is 26.9 Å². The lowest BCUT2D eigenvalue weighted by molar-refractivity contribution is 0.0601. The number of aromatic nitrogens is 2. The summed E-state index contributed by atoms with van der Waals surface area (Å²) in [5.41, 5.74) is 4.95. The minimum Gasteiger partial charge on any atom is -0.328 e. The van der Waals surface area contributed by atoms with Gasteiger partial charge in [-0.15, -0.1) is 0 Å². The second-order valence-corrected chi connectivity index (χ2v) is 11.6. The summed E-state index contributed by atoms with van der Waals surface area (Å²) in [4.78, 5) is 21.3. The first kappa shape index (κ1) is 27.9. The Labute approximate surface area is 232 Å². The number of hydrogen-bond acceptors (Lipinski definition) is 2. The van der Waals surface area contributed by atoms with Crippen molar-refractivity contribution in [3.8, 4) is 0 Å². The Morgan fingerprint density at radius 1 is 0.947 bits per heavy atom. The zero-order chi connectivity index (χ0) is 27.2. The molecule has 0 aliphatic heterocycles. The first-order chi connectivity index (χ1) is 18.2. The predicted molar refractivity (Wildman–Crippen MR) is 159 cm³/mol. The van der Waals surface area contributed by atoms with Crippen LogP contribution in [0.4, 0.5) is 0 Å². The van der Waals surface area contributed by atoms with E-state index in [9.17, 15) is 4.79 Å². The summed E-state index contributed by atoms with van der Waals surface area (Å²) in [5, 5.41) is 0.663. The number of halogens is 1. The van der Waals surface area contributed by atoms with Crippen molar-refractivity contribution in [2.45, 2.75) is 66.5 Å². The molecule has 1 heterocycles. The SMILES string of the molecule is Cc1ccc(C(=O)N(CCCCC(C)C)[C@@H](c2nc3cc(Cl)ccc3n2Cc2ccccc2)C(C)C)cc1. The van der Waals surface area contributed by atoms with Crippen molar-refractivity contribution >= 4 is 28.5 Å². The van der Waals surface area contributed by atoms with Gasteiger partial charge in [-0.25, -0.2) is 4.98 Å². The van der Waals surface area contributed by atoms with E-state index in [0.29, 0.717) is 24.0 Å². The van der Waals surface area contributed by atoms with Crippen molar-refractivity contribution in [3.63, 3.8) is 0 Å². The monoisotopic (exact) mass is 529 g/mol. The maximum Gasteiger partial charge on any atom is 0.254 e. The van der Waals surface area contributed by atoms with Crippen molar-refractivity contribution in [1.82, 2.24) is 14.5 Å². The summed E-state index contributed by atoms with van der Waals surface area (Å²) in [6.45, 7) is 12.3. The first-order valence-electron chi connectivity index (χ1n) is 13.8. The summed E-state index contributed by atoms with van der Waals surface area (Å²) in [6, 6.07) is 24.1. The molecule has 0 aliphatic rings. The standard InChI is InChI=1S/C33H40ClN3O/c1-23(2)11-9-10-20-36(33(38)27-16-14-25(5)15-17-27)31(24(3)4)32-35-29-21-28(34)18-19-30(29)37(32)22-26-12-7-6-8-13-26/h6-8,12-19,21,23-24,31H,9-11,20,22H2,1-5H3/t31-/m1/s1. The Morgan fingerprint density at radius 3 is 2.32 bits per heavy atom. The second kappa shape index (κ2) is 12.6. The molecule has 0 N–H and O–H groups in total. The molecular formula is C33H40ClN3O. The number of benzene rings is 3. The number of carbonyl (C=O) groups is 1. The molecule has 1 atom stereocenters. The van der Waals surface area contributed by atoms with Gasteiger partial charge >= 0.3 is 0 Å². The number of carbonyl (C=O) groups excluding carboxylic acids is 1. The summed E-state index contributed by atoms with van der Waals surface area (Å²) in [7, 11) is 0. The van der Waals surface area contributed by atoms with Crippen molar-refractivity contribution in [2.75, 3.05) is 6.54 Å². The molecule has 4 rings (SSSR count). The number of imidazole rings is 1. The summed E-state index contributed by atoms with van der Waals surface area (Å²) < 4.78 is 2.27. The third kappa shape index (κ3) is 6.66. The lowest BCUT2D eigenvalue weighted by atomic mass is 9.98. The highest BCUT2D eigenvalue weighted by molar-refractivity contribution is 6.31. The van der Waals surface area contributed by atoms with Gasteiger partial charge in [0.25, 0.3) is 5.91 Å². The Balaban J connectivity index is 1.81. The second-order valence-electron chi connectivity index (χ2n) is 11.1. The van der Waals surface area contributed by atoms with Crippen molar-refractivity contribution in [3.05, 3.63) is 100 Å². The Morgan fingerprint density at radius 2 is 1.66 bits per heavy atom. The maximum absolute atomic E-state index is 14.1. The average Bonchev–Trinajstić information content (AvgIpc) is 3.22. The van der Waals surface area contributed by atoms with Gasteiger partial charge in [-0.3, -0.25) is 4.79 Å². The number of nitrogens with zero attached hydrogens (tertiary/aromatic N) is 3. The van der Waals surface area contributed by atoms with Gasteiger partial charge in [-0.05, 0) is 61.1 Å². The van der Waals surface area contributed by atoms with E-state index in [2.05, 4.69) is 61.4 Å². The molecule has 1 aromatic heterocycles. The molecule has 0 aliphatic carbocycles. The van der Waals surface area contributed by atoms with Crippen LogP contribution in [0.3, 0.4) is 0 Å². The number of unbranched alkanes of at least 4 members (excludes halogenated alkanes) is 1. The van der Waals surface area contributed by atoms with Crippen LogP contribution in [-0.2, 0) is 6.54 Å². The molecule has 0 unspecified atom stereocenters. The normalized spacial score (nSPS) is 12.4. The number of fused-ring (bicyclic) bond motifs is 1. The predicted octanol–water partition coefficient (Wildman–Crippen LogP) is 8.71. The van der Waals surface area contributed by atoms with Gasteiger partial charge in [0.1, 0.15) is 5.82 Å². The van der Waals surface area contributed by atoms with Crippen LogP contribution in [0.15, 0.2) is 72.8 Å². The van der Waals surface area contributed by atoms with Crippen molar-refractivity contribution < 1.29 is 4.79 Å². The lowest BCUT2D eigenvalue weighted by Crippen LogP contribution is -2.39. The maximum atomic E-state index is 14.1. The number of hydrogen-bond donors (Lipinski definition) is 0. The highest BCUT2D eigenvalue weighted by Crippen LogP contribution is 2.34. The molecule has 0 saturated heterocycles. The zero-order valence-corrected chi connectivity index (χ0v) is 24.1. The molecule has 0 bridgehead atoms. The molecule has 0 saturated carbocycles. The largest absolute Gasteiger partial charge is 0.328 e. The summed E-state index contributed by atoms with van der Waals surface area (Å²) in [5.74, 6) is 1.78. The van der Waals surface area contributed by atoms with E-state index in [4.69, 9.17) is 16.6 Å². The van der Waals surface area contributed by atoms with E-state index in [0.717, 1.165) is 47.2 Å². The fourth-order valence-electron chi connectivity index (χ4n) is 5.14. The molecule has 3 aromatic carbocycles. The molecule has 0 fully saturated rings. The van der Waals surface area contributed by atoms with Gasteiger partial charge in [0.15, 0.2) is 0 Å². The van der Waals surface area contributed by atoms with Gasteiger partial charge in [-0.2, -0.15) is 0 Å². The van der Waals surface area contributed by atoms with Gasteiger partial charge < -0.3 is 9.47 Å². The number of aryl methyl sites for hydroxylation is 1. The van der Waals surface area contributed by atoms with Crippen LogP contribution in [0, 0.1) is 18.8 Å². The van der Waals surface area contributed by atoms with E-state index in [1.165, 1.54) is 5.56 Å². The number of amides is 1. The van der Waals surface area contributed by atoms with E-state index >= 15 is 0 Å². The number of rotatable bonds is 11. The van der Waals surface area contributed by atoms with E-state index in [-0.39, 0.29) is 17.9 Å². The minimum absolute atomic E-state index is 0.0598. The first-order valence-corrected chi connectivity index (χ1v) is 14.2. The van der Waals surface area contributed by atoms with Crippen LogP contribution >= 0.6 is 11.6 Å². The molecule has 1 amide bonds. The van der Waals surface area contributed by atoms with Crippen LogP contribution in [0.5, 0.6) is 0 Å². The summed E-state index contributed by atoms with van der Waals surface area (Å²) in [6.07, 6.45) is 3.21. The average molecular weight is 530 g/mol. The van der Waals surface area contributed by atoms with Gasteiger partial charge in [0, 0.05) is 23.7 Å². The topological polar surface area (TPSA) is 38.1 Å². The highest BCUT2D eigenvalue weighted by atomic mass is 35.5. The third-order valence-corrected chi connectivity index (χ3v) is 7.38. The Bertz CT molecular complexity index is 1340. The van der Waals surface area contributed by atoms with Gasteiger partial charge in [0.05, 0.1) is 17.1 Å². The van der Waals surface area contributed by atoms with Crippen LogP contribution in [0.1, 0.15) is 80.3 Å². The quantitative estimate of drug-likeness (QED) is 0.182. The van der Waals surface area contributed by atoms with Gasteiger partial charge in [-0.1, -0.05) is 100 Å². The molecule has 0 spiro atoms. The van der Waals surface area contributed by atoms with E-state index in [1.807, 2.05) is 55.5 Å². The van der Waals surface area contributed by atoms with Crippen LogP contribution in [0.25, 0.3) is 11.0 Å². The smallest absolute Gasteiger partial charge is 0.254 e. The lowest BCUT2D eigenvalue weighted by Gasteiger charge is -2.35. The van der Waals surface area contributed by atoms with Crippen molar-refractivity contribution in [2.24, 2.45) is 11.8 Å². The minimum atomic E-state index is -0.183. The molecule has 0 radical (unpaired) electrons. The van der Waals surface area contributed by atoms with E-state index in [1.54, 1.807) is 0 Å². The molecule has 4 aromatic rings. The fraction of sp³-hybridized carbons (Fsp3) is 0.394. The molecule has 5 heteroatoms. The summed E-state index contributed by atoms with van der Waals surface area (Å²) >= 11 is 6.38. The third-order valence-electron chi connectivity index (χ3n) is 7.14. The molecule has 4 nitrogen and oxygen atoms in total. The molecule has 200 valence electrons. The van der Waals surface area contributed by atoms with Crippen LogP contribution < -0.4 is 0 Å². The molecule has 38 heavy (non-hydrogen) atoms. The van der Waals surface area contributed by atoms with Crippen LogP contribution in [0.2, 0.25) is 5.02 Å². The zero-order valence-electron chi connectivity index (χ0n) is 23.3. The Hall–Kier alpha value is -3.11. The molecular weight excluding hydrogens is 490 g/mol. The fourth-order valence-corrected chi connectivity index (χ4v) is 5.31. The van der Waals surface area contributed by atoms with E-state index < -0.39 is 0 Å². The van der Waals surface area contributed by atoms with Gasteiger partial charge in [0.2, 0.25) is 0 Å². The Kier molecular flexibility index (Phi) is 9.27.